The molecule has 1 unspecified atom stereocenters. The first-order chi connectivity index (χ1) is 14.3. The first kappa shape index (κ1) is 18.9. The van der Waals surface area contributed by atoms with Gasteiger partial charge in [0.1, 0.15) is 0 Å². The molecule has 1 fully saturated rings. The molecule has 2 aliphatic rings. The summed E-state index contributed by atoms with van der Waals surface area (Å²) in [6.07, 6.45) is 5.77. The molecule has 0 spiro atoms. The molecule has 150 valence electrons. The summed E-state index contributed by atoms with van der Waals surface area (Å²) in [7, 11) is 0. The van der Waals surface area contributed by atoms with Gasteiger partial charge in [0.05, 0.1) is 11.0 Å². The van der Waals surface area contributed by atoms with Gasteiger partial charge in [0.15, 0.2) is 5.16 Å². The number of rotatable bonds is 5. The fourth-order valence-electron chi connectivity index (χ4n) is 4.31. The SMILES string of the molecule is C(=Cc1ccccc1)CN1CCN(CC2CCn3c(nc4ccccc43)S2)CC1. The van der Waals surface area contributed by atoms with Crippen molar-refractivity contribution in [1.29, 1.82) is 0 Å². The van der Waals surface area contributed by atoms with E-state index in [-0.39, 0.29) is 0 Å². The molecule has 1 aromatic heterocycles. The van der Waals surface area contributed by atoms with E-state index in [9.17, 15) is 0 Å². The molecule has 2 aromatic carbocycles. The molecular weight excluding hydrogens is 376 g/mol. The highest BCUT2D eigenvalue weighted by Gasteiger charge is 2.26. The number of thioether (sulfide) groups is 1. The number of nitrogens with zero attached hydrogens (tertiary/aromatic N) is 4. The highest BCUT2D eigenvalue weighted by Crippen LogP contribution is 2.34. The van der Waals surface area contributed by atoms with Crippen molar-refractivity contribution in [3.05, 3.63) is 66.2 Å². The first-order valence-corrected chi connectivity index (χ1v) is 11.5. The van der Waals surface area contributed by atoms with Crippen LogP contribution in [-0.2, 0) is 6.54 Å². The van der Waals surface area contributed by atoms with Crippen LogP contribution in [0.4, 0.5) is 0 Å². The van der Waals surface area contributed by atoms with Crippen molar-refractivity contribution in [2.75, 3.05) is 39.3 Å². The maximum Gasteiger partial charge on any atom is 0.169 e. The summed E-state index contributed by atoms with van der Waals surface area (Å²) in [5.74, 6) is 0. The van der Waals surface area contributed by atoms with Crippen LogP contribution < -0.4 is 0 Å². The molecule has 3 aromatic rings. The predicted molar refractivity (Wildman–Crippen MR) is 122 cm³/mol. The van der Waals surface area contributed by atoms with Gasteiger partial charge in [-0.3, -0.25) is 9.80 Å². The summed E-state index contributed by atoms with van der Waals surface area (Å²) < 4.78 is 2.40. The molecule has 0 radical (unpaired) electrons. The molecule has 0 bridgehead atoms. The summed E-state index contributed by atoms with van der Waals surface area (Å²) in [5, 5.41) is 1.86. The molecule has 0 amide bonds. The van der Waals surface area contributed by atoms with Crippen LogP contribution in [-0.4, -0.2) is 63.9 Å². The number of piperazine rings is 1. The van der Waals surface area contributed by atoms with Crippen LogP contribution in [0.3, 0.4) is 0 Å². The van der Waals surface area contributed by atoms with Crippen LogP contribution in [0.5, 0.6) is 0 Å². The summed E-state index contributed by atoms with van der Waals surface area (Å²) in [5.41, 5.74) is 3.70. The van der Waals surface area contributed by atoms with Gasteiger partial charge in [-0.1, -0.05) is 66.4 Å². The maximum atomic E-state index is 4.86. The lowest BCUT2D eigenvalue weighted by Gasteiger charge is -2.36. The zero-order valence-electron chi connectivity index (χ0n) is 16.8. The average Bonchev–Trinajstić information content (AvgIpc) is 3.13. The lowest BCUT2D eigenvalue weighted by Crippen LogP contribution is -2.48. The highest BCUT2D eigenvalue weighted by molar-refractivity contribution is 7.99. The van der Waals surface area contributed by atoms with Crippen LogP contribution in [0.15, 0.2) is 65.8 Å². The number of imidazole rings is 1. The number of hydrogen-bond donors (Lipinski definition) is 0. The Morgan fingerprint density at radius 1 is 0.897 bits per heavy atom. The molecule has 4 nitrogen and oxygen atoms in total. The Morgan fingerprint density at radius 3 is 2.52 bits per heavy atom. The second-order valence-corrected chi connectivity index (χ2v) is 9.25. The first-order valence-electron chi connectivity index (χ1n) is 10.6. The van der Waals surface area contributed by atoms with Crippen molar-refractivity contribution in [2.45, 2.75) is 23.4 Å². The van der Waals surface area contributed by atoms with E-state index in [4.69, 9.17) is 4.98 Å². The lowest BCUT2D eigenvalue weighted by molar-refractivity contribution is 0.141. The van der Waals surface area contributed by atoms with Crippen molar-refractivity contribution in [3.63, 3.8) is 0 Å². The minimum Gasteiger partial charge on any atom is -0.319 e. The van der Waals surface area contributed by atoms with Gasteiger partial charge in [0.25, 0.3) is 0 Å². The summed E-state index contributed by atoms with van der Waals surface area (Å²) in [6.45, 7) is 7.99. The molecule has 0 aliphatic carbocycles. The van der Waals surface area contributed by atoms with Crippen LogP contribution in [0.1, 0.15) is 12.0 Å². The fraction of sp³-hybridized carbons (Fsp3) is 0.375. The molecule has 5 heteroatoms. The molecule has 1 atom stereocenters. The van der Waals surface area contributed by atoms with E-state index in [1.807, 2.05) is 11.8 Å². The Labute approximate surface area is 177 Å². The monoisotopic (exact) mass is 404 g/mol. The van der Waals surface area contributed by atoms with Crippen molar-refractivity contribution in [2.24, 2.45) is 0 Å². The van der Waals surface area contributed by atoms with Crippen LogP contribution in [0.25, 0.3) is 17.1 Å². The Kier molecular flexibility index (Phi) is 5.70. The Balaban J connectivity index is 1.10. The molecule has 0 saturated carbocycles. The lowest BCUT2D eigenvalue weighted by atomic mass is 10.2. The molecule has 3 heterocycles. The normalized spacial score (nSPS) is 21.0. The van der Waals surface area contributed by atoms with Crippen molar-refractivity contribution < 1.29 is 0 Å². The van der Waals surface area contributed by atoms with Crippen LogP contribution >= 0.6 is 11.8 Å². The van der Waals surface area contributed by atoms with Gasteiger partial charge in [-0.2, -0.15) is 0 Å². The van der Waals surface area contributed by atoms with Crippen molar-refractivity contribution in [3.8, 4) is 0 Å². The van der Waals surface area contributed by atoms with Gasteiger partial charge in [-0.25, -0.2) is 4.98 Å². The minimum atomic E-state index is 0.656. The number of aryl methyl sites for hydroxylation is 1. The van der Waals surface area contributed by atoms with E-state index in [1.54, 1.807) is 0 Å². The van der Waals surface area contributed by atoms with Crippen LogP contribution in [0.2, 0.25) is 0 Å². The molecular formula is C24H28N4S. The van der Waals surface area contributed by atoms with E-state index < -0.39 is 0 Å². The van der Waals surface area contributed by atoms with Gasteiger partial charge in [-0.05, 0) is 24.1 Å². The Morgan fingerprint density at radius 2 is 1.66 bits per heavy atom. The number of aromatic nitrogens is 2. The van der Waals surface area contributed by atoms with E-state index in [1.165, 1.54) is 42.3 Å². The highest BCUT2D eigenvalue weighted by atomic mass is 32.2. The van der Waals surface area contributed by atoms with Gasteiger partial charge in [0.2, 0.25) is 0 Å². The second-order valence-electron chi connectivity index (χ2n) is 7.98. The third kappa shape index (κ3) is 4.42. The van der Waals surface area contributed by atoms with Gasteiger partial charge < -0.3 is 4.57 Å². The Hall–Kier alpha value is -2.08. The minimum absolute atomic E-state index is 0.656. The Bertz CT molecular complexity index is 973. The van der Waals surface area contributed by atoms with Gasteiger partial charge >= 0.3 is 0 Å². The number of benzene rings is 2. The second kappa shape index (κ2) is 8.74. The van der Waals surface area contributed by atoms with Gasteiger partial charge in [-0.15, -0.1) is 0 Å². The zero-order chi connectivity index (χ0) is 19.5. The zero-order valence-corrected chi connectivity index (χ0v) is 17.6. The molecule has 2 aliphatic heterocycles. The van der Waals surface area contributed by atoms with Gasteiger partial charge in [0, 0.05) is 51.1 Å². The van der Waals surface area contributed by atoms with E-state index in [0.29, 0.717) is 5.25 Å². The smallest absolute Gasteiger partial charge is 0.169 e. The number of para-hydroxylation sites is 2. The fourth-order valence-corrected chi connectivity index (χ4v) is 5.59. The summed E-state index contributed by atoms with van der Waals surface area (Å²) >= 11 is 1.97. The predicted octanol–water partition coefficient (Wildman–Crippen LogP) is 4.23. The topological polar surface area (TPSA) is 24.3 Å². The van der Waals surface area contributed by atoms with E-state index in [0.717, 1.165) is 31.7 Å². The quantitative estimate of drug-likeness (QED) is 0.635. The molecule has 0 N–H and O–H groups in total. The molecule has 1 saturated heterocycles. The third-order valence-corrected chi connectivity index (χ3v) is 7.21. The standard InChI is InChI=1S/C24H28N4S/c1-2-7-20(8-3-1)9-6-13-26-15-17-27(18-16-26)19-21-12-14-28-23-11-5-4-10-22(23)25-24(28)29-21/h1-11,21H,12-19H2. The molecule has 5 rings (SSSR count). The molecule has 29 heavy (non-hydrogen) atoms. The largest absolute Gasteiger partial charge is 0.319 e. The summed E-state index contributed by atoms with van der Waals surface area (Å²) in [6, 6.07) is 19.1. The van der Waals surface area contributed by atoms with Crippen molar-refractivity contribution >= 4 is 28.9 Å². The van der Waals surface area contributed by atoms with E-state index in [2.05, 4.69) is 81.1 Å². The average molecular weight is 405 g/mol. The third-order valence-electron chi connectivity index (χ3n) is 5.97. The maximum absolute atomic E-state index is 4.86. The van der Waals surface area contributed by atoms with E-state index >= 15 is 0 Å². The summed E-state index contributed by atoms with van der Waals surface area (Å²) in [4.78, 5) is 10.1. The number of fused-ring (bicyclic) bond motifs is 3. The van der Waals surface area contributed by atoms with Crippen LogP contribution in [0, 0.1) is 0 Å². The number of hydrogen-bond acceptors (Lipinski definition) is 4. The van der Waals surface area contributed by atoms with Crippen molar-refractivity contribution in [1.82, 2.24) is 19.4 Å².